The summed E-state index contributed by atoms with van der Waals surface area (Å²) in [6.45, 7) is 3.70. The summed E-state index contributed by atoms with van der Waals surface area (Å²) in [6.07, 6.45) is 0.881. The fraction of sp³-hybridized carbons (Fsp3) is 0.467. The molecule has 0 aromatic heterocycles. The Morgan fingerprint density at radius 1 is 1.25 bits per heavy atom. The summed E-state index contributed by atoms with van der Waals surface area (Å²) in [5, 5.41) is 11.6. The summed E-state index contributed by atoms with van der Waals surface area (Å²) >= 11 is 0. The van der Waals surface area contributed by atoms with E-state index in [-0.39, 0.29) is 0 Å². The zero-order valence-corrected chi connectivity index (χ0v) is 11.8. The predicted molar refractivity (Wildman–Crippen MR) is 75.6 cm³/mol. The molecule has 1 unspecified atom stereocenters. The van der Waals surface area contributed by atoms with Crippen LogP contribution in [0.4, 0.5) is 0 Å². The molecule has 1 aromatic carbocycles. The van der Waals surface area contributed by atoms with Crippen molar-refractivity contribution in [1.82, 2.24) is 5.32 Å². The van der Waals surface area contributed by atoms with Gasteiger partial charge in [0.2, 0.25) is 0 Å². The van der Waals surface area contributed by atoms with Crippen molar-refractivity contribution >= 4 is 11.9 Å². The number of carbonyl (C=O) groups excluding carboxylic acids is 1. The van der Waals surface area contributed by atoms with Crippen molar-refractivity contribution in [2.75, 3.05) is 0 Å². The summed E-state index contributed by atoms with van der Waals surface area (Å²) in [7, 11) is 0. The maximum atomic E-state index is 12.1. The van der Waals surface area contributed by atoms with Gasteiger partial charge in [-0.25, -0.2) is 4.79 Å². The van der Waals surface area contributed by atoms with Gasteiger partial charge in [-0.05, 0) is 25.0 Å². The number of carboxylic acid groups (broad SMARTS) is 1. The van der Waals surface area contributed by atoms with E-state index in [0.29, 0.717) is 25.0 Å². The molecular weight excluding hydrogens is 258 g/mol. The van der Waals surface area contributed by atoms with Crippen molar-refractivity contribution in [3.63, 3.8) is 0 Å². The molecule has 110 valence electrons. The molecule has 1 aromatic rings. The molecule has 0 saturated heterocycles. The Morgan fingerprint density at radius 3 is 2.40 bits per heavy atom. The van der Waals surface area contributed by atoms with E-state index in [1.807, 2.05) is 32.0 Å². The van der Waals surface area contributed by atoms with Crippen LogP contribution >= 0.6 is 0 Å². The summed E-state index contributed by atoms with van der Waals surface area (Å²) in [4.78, 5) is 23.1. The van der Waals surface area contributed by atoms with E-state index < -0.39 is 24.0 Å². The number of hydrogen-bond acceptors (Lipinski definition) is 3. The number of para-hydroxylation sites is 1. The highest BCUT2D eigenvalue weighted by Crippen LogP contribution is 2.13. The summed E-state index contributed by atoms with van der Waals surface area (Å²) in [5.74, 6) is -0.816. The van der Waals surface area contributed by atoms with Gasteiger partial charge in [0.15, 0.2) is 6.10 Å². The maximum absolute atomic E-state index is 12.1. The smallest absolute Gasteiger partial charge is 0.326 e. The van der Waals surface area contributed by atoms with Crippen LogP contribution in [0.1, 0.15) is 33.1 Å². The van der Waals surface area contributed by atoms with E-state index in [9.17, 15) is 9.59 Å². The zero-order valence-electron chi connectivity index (χ0n) is 11.8. The number of hydrogen-bond donors (Lipinski definition) is 2. The van der Waals surface area contributed by atoms with Gasteiger partial charge in [0, 0.05) is 0 Å². The van der Waals surface area contributed by atoms with E-state index in [4.69, 9.17) is 9.84 Å². The number of carboxylic acids is 1. The first-order chi connectivity index (χ1) is 9.58. The van der Waals surface area contributed by atoms with E-state index in [0.717, 1.165) is 0 Å². The molecule has 0 saturated carbocycles. The van der Waals surface area contributed by atoms with E-state index >= 15 is 0 Å². The molecule has 1 rings (SSSR count). The van der Waals surface area contributed by atoms with Crippen LogP contribution in [0.25, 0.3) is 0 Å². The van der Waals surface area contributed by atoms with Crippen LogP contribution in [0.5, 0.6) is 5.75 Å². The highest BCUT2D eigenvalue weighted by molar-refractivity contribution is 5.86. The minimum Gasteiger partial charge on any atom is -0.481 e. The van der Waals surface area contributed by atoms with Crippen LogP contribution in [-0.4, -0.2) is 29.1 Å². The molecule has 0 spiro atoms. The van der Waals surface area contributed by atoms with Crippen LogP contribution in [0.15, 0.2) is 30.3 Å². The van der Waals surface area contributed by atoms with E-state index in [1.54, 1.807) is 12.1 Å². The Labute approximate surface area is 118 Å². The standard InChI is InChI=1S/C15H21NO4/c1-3-8-12(15(18)19)16-14(17)13(4-2)20-11-9-6-5-7-10-11/h5-7,9-10,12-13H,3-4,8H2,1-2H3,(H,16,17)(H,18,19)/t12-,13?/m0/s1. The van der Waals surface area contributed by atoms with Gasteiger partial charge in [0.1, 0.15) is 11.8 Å². The average Bonchev–Trinajstić information content (AvgIpc) is 2.45. The van der Waals surface area contributed by atoms with Crippen molar-refractivity contribution < 1.29 is 19.4 Å². The van der Waals surface area contributed by atoms with Crippen molar-refractivity contribution in [3.8, 4) is 5.75 Å². The third-order valence-electron chi connectivity index (χ3n) is 2.88. The minimum absolute atomic E-state index is 0.391. The summed E-state index contributed by atoms with van der Waals surface area (Å²) in [5.41, 5.74) is 0. The minimum atomic E-state index is -1.02. The molecular formula is C15H21NO4. The number of nitrogens with one attached hydrogen (secondary N) is 1. The third-order valence-corrected chi connectivity index (χ3v) is 2.88. The molecule has 0 bridgehead atoms. The SMILES string of the molecule is CCC[C@H](NC(=O)C(CC)Oc1ccccc1)C(=O)O. The molecule has 0 fully saturated rings. The van der Waals surface area contributed by atoms with Gasteiger partial charge in [0.25, 0.3) is 5.91 Å². The van der Waals surface area contributed by atoms with Gasteiger partial charge in [-0.3, -0.25) is 4.79 Å². The molecule has 0 heterocycles. The number of aliphatic carboxylic acids is 1. The monoisotopic (exact) mass is 279 g/mol. The normalized spacial score (nSPS) is 13.3. The van der Waals surface area contributed by atoms with Crippen LogP contribution in [0, 0.1) is 0 Å². The van der Waals surface area contributed by atoms with Gasteiger partial charge in [0.05, 0.1) is 0 Å². The third kappa shape index (κ3) is 4.91. The maximum Gasteiger partial charge on any atom is 0.326 e. The molecule has 2 N–H and O–H groups in total. The van der Waals surface area contributed by atoms with Crippen molar-refractivity contribution in [3.05, 3.63) is 30.3 Å². The summed E-state index contributed by atoms with van der Waals surface area (Å²) < 4.78 is 5.58. The fourth-order valence-electron chi connectivity index (χ4n) is 1.80. The van der Waals surface area contributed by atoms with Gasteiger partial charge in [-0.1, -0.05) is 38.5 Å². The number of rotatable bonds is 8. The molecule has 0 radical (unpaired) electrons. The lowest BCUT2D eigenvalue weighted by Crippen LogP contribution is -2.47. The molecule has 0 aliphatic rings. The second-order valence-electron chi connectivity index (χ2n) is 4.52. The lowest BCUT2D eigenvalue weighted by Gasteiger charge is -2.20. The lowest BCUT2D eigenvalue weighted by molar-refractivity contribution is -0.143. The fourth-order valence-corrected chi connectivity index (χ4v) is 1.80. The Hall–Kier alpha value is -2.04. The molecule has 1 amide bonds. The Bertz CT molecular complexity index is 433. The first kappa shape index (κ1) is 16.0. The largest absolute Gasteiger partial charge is 0.481 e. The van der Waals surface area contributed by atoms with Gasteiger partial charge < -0.3 is 15.2 Å². The lowest BCUT2D eigenvalue weighted by atomic mass is 10.1. The highest BCUT2D eigenvalue weighted by atomic mass is 16.5. The quantitative estimate of drug-likeness (QED) is 0.765. The number of ether oxygens (including phenoxy) is 1. The van der Waals surface area contributed by atoms with Gasteiger partial charge in [-0.15, -0.1) is 0 Å². The van der Waals surface area contributed by atoms with Gasteiger partial charge in [-0.2, -0.15) is 0 Å². The molecule has 0 aliphatic carbocycles. The van der Waals surface area contributed by atoms with Crippen molar-refractivity contribution in [1.29, 1.82) is 0 Å². The number of amides is 1. The predicted octanol–water partition coefficient (Wildman–Crippen LogP) is 2.21. The molecule has 20 heavy (non-hydrogen) atoms. The Kier molecular flexibility index (Phi) is 6.56. The molecule has 2 atom stereocenters. The van der Waals surface area contributed by atoms with E-state index in [2.05, 4.69) is 5.32 Å². The Morgan fingerprint density at radius 2 is 1.90 bits per heavy atom. The molecule has 5 nitrogen and oxygen atoms in total. The van der Waals surface area contributed by atoms with Crippen LogP contribution in [0.3, 0.4) is 0 Å². The zero-order chi connectivity index (χ0) is 15.0. The Balaban J connectivity index is 2.64. The van der Waals surface area contributed by atoms with Crippen molar-refractivity contribution in [2.24, 2.45) is 0 Å². The first-order valence-corrected chi connectivity index (χ1v) is 6.83. The molecule has 5 heteroatoms. The first-order valence-electron chi connectivity index (χ1n) is 6.83. The molecule has 0 aliphatic heterocycles. The highest BCUT2D eigenvalue weighted by Gasteiger charge is 2.24. The average molecular weight is 279 g/mol. The second-order valence-corrected chi connectivity index (χ2v) is 4.52. The number of carbonyl (C=O) groups is 2. The second kappa shape index (κ2) is 8.19. The topological polar surface area (TPSA) is 75.6 Å². The van der Waals surface area contributed by atoms with Gasteiger partial charge >= 0.3 is 5.97 Å². The van der Waals surface area contributed by atoms with Crippen LogP contribution in [0.2, 0.25) is 0 Å². The summed E-state index contributed by atoms with van der Waals surface area (Å²) in [6, 6.07) is 8.15. The van der Waals surface area contributed by atoms with Crippen LogP contribution < -0.4 is 10.1 Å². The number of benzene rings is 1. The van der Waals surface area contributed by atoms with Crippen molar-refractivity contribution in [2.45, 2.75) is 45.3 Å². The van der Waals surface area contributed by atoms with Crippen LogP contribution in [-0.2, 0) is 9.59 Å². The van der Waals surface area contributed by atoms with E-state index in [1.165, 1.54) is 0 Å².